The van der Waals surface area contributed by atoms with Crippen LogP contribution in [0.25, 0.3) is 0 Å². The minimum atomic E-state index is -0.992. The van der Waals surface area contributed by atoms with Crippen molar-refractivity contribution < 1.29 is 19.5 Å². The third-order valence-corrected chi connectivity index (χ3v) is 4.51. The van der Waals surface area contributed by atoms with Crippen LogP contribution in [0.2, 0.25) is 0 Å². The van der Waals surface area contributed by atoms with Crippen LogP contribution in [0.4, 0.5) is 0 Å². The van der Waals surface area contributed by atoms with E-state index in [0.29, 0.717) is 18.4 Å². The first kappa shape index (κ1) is 15.5. The Kier molecular flexibility index (Phi) is 3.59. The van der Waals surface area contributed by atoms with E-state index in [1.54, 1.807) is 12.1 Å². The Hall–Kier alpha value is -2.43. The van der Waals surface area contributed by atoms with Crippen LogP contribution in [0.1, 0.15) is 54.9 Å². The summed E-state index contributed by atoms with van der Waals surface area (Å²) >= 11 is 0. The topological polar surface area (TPSA) is 83.5 Å². The van der Waals surface area contributed by atoms with Crippen molar-refractivity contribution in [1.29, 1.82) is 0 Å². The smallest absolute Gasteiger partial charge is 0.335 e. The molecule has 1 aliphatic carbocycles. The third-order valence-electron chi connectivity index (χ3n) is 4.51. The van der Waals surface area contributed by atoms with Crippen LogP contribution < -0.4 is 5.32 Å². The van der Waals surface area contributed by atoms with Crippen molar-refractivity contribution in [3.8, 4) is 0 Å². The molecule has 2 N–H and O–H groups in total. The van der Waals surface area contributed by atoms with E-state index in [-0.39, 0.29) is 35.0 Å². The molecule has 0 aromatic heterocycles. The van der Waals surface area contributed by atoms with Crippen LogP contribution in [0.15, 0.2) is 35.5 Å². The summed E-state index contributed by atoms with van der Waals surface area (Å²) < 4.78 is 0. The second kappa shape index (κ2) is 5.33. The molecule has 1 unspecified atom stereocenters. The van der Waals surface area contributed by atoms with Gasteiger partial charge in [0.1, 0.15) is 0 Å². The maximum atomic E-state index is 12.6. The van der Waals surface area contributed by atoms with Gasteiger partial charge in [0.2, 0.25) is 5.91 Å². The molecular formula is C18H19NO4. The lowest BCUT2D eigenvalue weighted by molar-refractivity contribution is -0.122. The Labute approximate surface area is 134 Å². The molecule has 1 amide bonds. The summed E-state index contributed by atoms with van der Waals surface area (Å²) in [6.07, 6.45) is 1.35. The molecule has 0 bridgehead atoms. The molecule has 1 heterocycles. The molecule has 3 rings (SSSR count). The number of carboxylic acid groups (broad SMARTS) is 1. The molecule has 1 aliphatic heterocycles. The molecule has 0 saturated carbocycles. The molecule has 0 radical (unpaired) electrons. The van der Waals surface area contributed by atoms with Crippen molar-refractivity contribution in [3.63, 3.8) is 0 Å². The molecule has 1 aromatic rings. The zero-order valence-electron chi connectivity index (χ0n) is 13.2. The van der Waals surface area contributed by atoms with Crippen LogP contribution in [-0.2, 0) is 9.59 Å². The normalized spacial score (nSPS) is 23.3. The van der Waals surface area contributed by atoms with E-state index < -0.39 is 5.97 Å². The number of Topliss-reactive ketones (excluding diaryl/α,β-unsaturated/α-hetero) is 1. The second-order valence-electron chi connectivity index (χ2n) is 7.07. The van der Waals surface area contributed by atoms with Gasteiger partial charge >= 0.3 is 5.97 Å². The minimum Gasteiger partial charge on any atom is -0.478 e. The number of nitrogens with one attached hydrogen (secondary N) is 1. The quantitative estimate of drug-likeness (QED) is 0.879. The number of hydrogen-bond acceptors (Lipinski definition) is 3. The highest BCUT2D eigenvalue weighted by Crippen LogP contribution is 2.43. The zero-order valence-corrected chi connectivity index (χ0v) is 13.2. The fourth-order valence-electron chi connectivity index (χ4n) is 3.50. The Bertz CT molecular complexity index is 728. The van der Waals surface area contributed by atoms with Crippen LogP contribution in [0.3, 0.4) is 0 Å². The van der Waals surface area contributed by atoms with Crippen LogP contribution >= 0.6 is 0 Å². The summed E-state index contributed by atoms with van der Waals surface area (Å²) in [7, 11) is 0. The largest absolute Gasteiger partial charge is 0.478 e. The van der Waals surface area contributed by atoms with E-state index >= 15 is 0 Å². The molecule has 2 aliphatic rings. The van der Waals surface area contributed by atoms with E-state index in [4.69, 9.17) is 5.11 Å². The number of carbonyl (C=O) groups excluding carboxylic acids is 2. The van der Waals surface area contributed by atoms with E-state index in [1.807, 2.05) is 13.8 Å². The first-order valence-corrected chi connectivity index (χ1v) is 7.66. The highest BCUT2D eigenvalue weighted by atomic mass is 16.4. The molecule has 1 aromatic carbocycles. The predicted octanol–water partition coefficient (Wildman–Crippen LogP) is 2.63. The summed E-state index contributed by atoms with van der Waals surface area (Å²) in [5, 5.41) is 11.8. The molecule has 0 fully saturated rings. The van der Waals surface area contributed by atoms with Gasteiger partial charge in [0, 0.05) is 30.0 Å². The van der Waals surface area contributed by atoms with Crippen LogP contribution in [-0.4, -0.2) is 22.8 Å². The molecule has 23 heavy (non-hydrogen) atoms. The lowest BCUT2D eigenvalue weighted by Gasteiger charge is -2.37. The highest BCUT2D eigenvalue weighted by Gasteiger charge is 2.40. The summed E-state index contributed by atoms with van der Waals surface area (Å²) in [6, 6.07) is 6.43. The zero-order chi connectivity index (χ0) is 16.8. The Morgan fingerprint density at radius 1 is 1.17 bits per heavy atom. The Balaban J connectivity index is 2.02. The average molecular weight is 313 g/mol. The molecular weight excluding hydrogens is 294 g/mol. The number of aromatic carboxylic acids is 1. The first-order chi connectivity index (χ1) is 10.8. The van der Waals surface area contributed by atoms with E-state index in [9.17, 15) is 14.4 Å². The van der Waals surface area contributed by atoms with Crippen molar-refractivity contribution in [2.75, 3.05) is 0 Å². The SMILES string of the molecule is CC1(C)CC(=O)C2=C(C1)NC(=O)CC2c1ccc(C(=O)O)cc1. The summed E-state index contributed by atoms with van der Waals surface area (Å²) in [6.45, 7) is 4.04. The molecule has 120 valence electrons. The summed E-state index contributed by atoms with van der Waals surface area (Å²) in [5.41, 5.74) is 2.27. The van der Waals surface area contributed by atoms with Gasteiger partial charge in [0.05, 0.1) is 5.56 Å². The lowest BCUT2D eigenvalue weighted by Crippen LogP contribution is -2.40. The van der Waals surface area contributed by atoms with Crippen molar-refractivity contribution in [3.05, 3.63) is 46.7 Å². The second-order valence-corrected chi connectivity index (χ2v) is 7.07. The van der Waals surface area contributed by atoms with Crippen molar-refractivity contribution in [2.45, 2.75) is 39.0 Å². The number of benzene rings is 1. The number of rotatable bonds is 2. The maximum absolute atomic E-state index is 12.6. The van der Waals surface area contributed by atoms with Crippen molar-refractivity contribution in [1.82, 2.24) is 5.32 Å². The Morgan fingerprint density at radius 2 is 1.83 bits per heavy atom. The van der Waals surface area contributed by atoms with E-state index in [1.165, 1.54) is 12.1 Å². The molecule has 5 heteroatoms. The standard InChI is InChI=1S/C18H19NO4/c1-18(2)8-13-16(14(20)9-18)12(7-15(21)19-13)10-3-5-11(6-4-10)17(22)23/h3-6,12H,7-9H2,1-2H3,(H,19,21)(H,22,23). The number of carboxylic acids is 1. The number of carbonyl (C=O) groups is 3. The van der Waals surface area contributed by atoms with Gasteiger partial charge in [0.25, 0.3) is 0 Å². The van der Waals surface area contributed by atoms with E-state index in [0.717, 1.165) is 11.3 Å². The fraction of sp³-hybridized carbons (Fsp3) is 0.389. The summed E-state index contributed by atoms with van der Waals surface area (Å²) in [5.74, 6) is -1.30. The number of amides is 1. The van der Waals surface area contributed by atoms with Gasteiger partial charge in [0.15, 0.2) is 5.78 Å². The van der Waals surface area contributed by atoms with Gasteiger partial charge < -0.3 is 10.4 Å². The lowest BCUT2D eigenvalue weighted by atomic mass is 9.70. The molecule has 0 spiro atoms. The van der Waals surface area contributed by atoms with Crippen LogP contribution in [0, 0.1) is 5.41 Å². The monoisotopic (exact) mass is 313 g/mol. The van der Waals surface area contributed by atoms with Crippen molar-refractivity contribution in [2.24, 2.45) is 5.41 Å². The van der Waals surface area contributed by atoms with Crippen molar-refractivity contribution >= 4 is 17.7 Å². The first-order valence-electron chi connectivity index (χ1n) is 7.66. The number of hydrogen-bond donors (Lipinski definition) is 2. The highest BCUT2D eigenvalue weighted by molar-refractivity contribution is 6.02. The van der Waals surface area contributed by atoms with Gasteiger partial charge in [-0.3, -0.25) is 9.59 Å². The Morgan fingerprint density at radius 3 is 2.43 bits per heavy atom. The van der Waals surface area contributed by atoms with Gasteiger partial charge in [-0.1, -0.05) is 26.0 Å². The fourth-order valence-corrected chi connectivity index (χ4v) is 3.50. The third kappa shape index (κ3) is 2.91. The van der Waals surface area contributed by atoms with E-state index in [2.05, 4.69) is 5.32 Å². The average Bonchev–Trinajstić information content (AvgIpc) is 2.44. The van der Waals surface area contributed by atoms with Gasteiger partial charge in [-0.05, 0) is 29.5 Å². The van der Waals surface area contributed by atoms with Gasteiger partial charge in [-0.25, -0.2) is 4.79 Å². The molecule has 1 atom stereocenters. The van der Waals surface area contributed by atoms with Gasteiger partial charge in [-0.15, -0.1) is 0 Å². The maximum Gasteiger partial charge on any atom is 0.335 e. The number of ketones is 1. The van der Waals surface area contributed by atoms with Gasteiger partial charge in [-0.2, -0.15) is 0 Å². The minimum absolute atomic E-state index is 0.0727. The predicted molar refractivity (Wildman–Crippen MR) is 84.0 cm³/mol. The number of allylic oxidation sites excluding steroid dienone is 2. The molecule has 0 saturated heterocycles. The van der Waals surface area contributed by atoms with Crippen LogP contribution in [0.5, 0.6) is 0 Å². The molecule has 5 nitrogen and oxygen atoms in total. The summed E-state index contributed by atoms with van der Waals surface area (Å²) in [4.78, 5) is 35.6.